The lowest BCUT2D eigenvalue weighted by Gasteiger charge is -2.07. The predicted molar refractivity (Wildman–Crippen MR) is 87.8 cm³/mol. The summed E-state index contributed by atoms with van der Waals surface area (Å²) in [5, 5.41) is 7.09. The van der Waals surface area contributed by atoms with Gasteiger partial charge in [-0.05, 0) is 18.1 Å². The maximum Gasteiger partial charge on any atom is 0.254 e. The molecule has 0 aliphatic carbocycles. The number of aromatic nitrogens is 4. The number of fused-ring (bicyclic) bond motifs is 1. The van der Waals surface area contributed by atoms with Crippen molar-refractivity contribution in [3.8, 4) is 11.3 Å². The van der Waals surface area contributed by atoms with E-state index in [1.807, 2.05) is 32.0 Å². The van der Waals surface area contributed by atoms with Crippen LogP contribution >= 0.6 is 0 Å². The van der Waals surface area contributed by atoms with E-state index in [2.05, 4.69) is 20.4 Å². The number of carbonyl (C=O) groups excluding carboxylic acids is 1. The summed E-state index contributed by atoms with van der Waals surface area (Å²) < 4.78 is 1.52. The predicted octanol–water partition coefficient (Wildman–Crippen LogP) is 1.76. The highest BCUT2D eigenvalue weighted by atomic mass is 16.1. The fourth-order valence-corrected chi connectivity index (χ4v) is 2.22. The molecule has 3 aromatic rings. The molecule has 0 aliphatic rings. The summed E-state index contributed by atoms with van der Waals surface area (Å²) in [5.74, 6) is 0.532. The SMILES string of the molecule is CC(C)CNC(=O)c1cnc2c(-c3ccccn3)c(N)nn2c1. The van der Waals surface area contributed by atoms with Crippen molar-refractivity contribution in [2.24, 2.45) is 5.92 Å². The Morgan fingerprint density at radius 1 is 1.35 bits per heavy atom. The first-order chi connectivity index (χ1) is 11.1. The van der Waals surface area contributed by atoms with E-state index in [4.69, 9.17) is 5.73 Å². The highest BCUT2D eigenvalue weighted by Gasteiger charge is 2.16. The zero-order valence-corrected chi connectivity index (χ0v) is 13.0. The molecule has 0 radical (unpaired) electrons. The second-order valence-electron chi connectivity index (χ2n) is 5.69. The average Bonchev–Trinajstić information content (AvgIpc) is 2.88. The highest BCUT2D eigenvalue weighted by Crippen LogP contribution is 2.27. The Balaban J connectivity index is 1.98. The smallest absolute Gasteiger partial charge is 0.254 e. The van der Waals surface area contributed by atoms with Crippen molar-refractivity contribution in [2.75, 3.05) is 12.3 Å². The molecule has 23 heavy (non-hydrogen) atoms. The molecule has 7 nitrogen and oxygen atoms in total. The van der Waals surface area contributed by atoms with Gasteiger partial charge in [-0.3, -0.25) is 9.78 Å². The van der Waals surface area contributed by atoms with E-state index in [1.54, 1.807) is 12.4 Å². The van der Waals surface area contributed by atoms with Crippen LogP contribution in [0.15, 0.2) is 36.8 Å². The molecular formula is C16H18N6O. The first-order valence-electron chi connectivity index (χ1n) is 7.39. The van der Waals surface area contributed by atoms with Crippen molar-refractivity contribution in [1.29, 1.82) is 0 Å². The second-order valence-corrected chi connectivity index (χ2v) is 5.69. The van der Waals surface area contributed by atoms with Crippen LogP contribution in [0.2, 0.25) is 0 Å². The van der Waals surface area contributed by atoms with Crippen molar-refractivity contribution in [3.05, 3.63) is 42.4 Å². The summed E-state index contributed by atoms with van der Waals surface area (Å²) >= 11 is 0. The molecule has 3 rings (SSSR count). The Kier molecular flexibility index (Phi) is 3.92. The van der Waals surface area contributed by atoms with Gasteiger partial charge in [-0.25, -0.2) is 9.50 Å². The average molecular weight is 310 g/mol. The van der Waals surface area contributed by atoms with Crippen LogP contribution in [0.3, 0.4) is 0 Å². The Bertz CT molecular complexity index is 840. The van der Waals surface area contributed by atoms with Gasteiger partial charge in [0.1, 0.15) is 0 Å². The second kappa shape index (κ2) is 6.04. The molecule has 3 aromatic heterocycles. The number of hydrogen-bond donors (Lipinski definition) is 2. The zero-order valence-electron chi connectivity index (χ0n) is 13.0. The number of hydrogen-bond acceptors (Lipinski definition) is 5. The molecule has 3 N–H and O–H groups in total. The van der Waals surface area contributed by atoms with Crippen LogP contribution in [0.5, 0.6) is 0 Å². The summed E-state index contributed by atoms with van der Waals surface area (Å²) in [6.45, 7) is 4.68. The monoisotopic (exact) mass is 310 g/mol. The molecule has 0 bridgehead atoms. The van der Waals surface area contributed by atoms with Crippen LogP contribution in [0.4, 0.5) is 5.82 Å². The topological polar surface area (TPSA) is 98.2 Å². The quantitative estimate of drug-likeness (QED) is 0.765. The van der Waals surface area contributed by atoms with Gasteiger partial charge in [0.15, 0.2) is 11.5 Å². The Morgan fingerprint density at radius 2 is 2.17 bits per heavy atom. The van der Waals surface area contributed by atoms with E-state index in [9.17, 15) is 4.79 Å². The standard InChI is InChI=1S/C16H18N6O/c1-10(2)7-20-16(23)11-8-19-15-13(12-5-3-4-6-18-12)14(17)21-22(15)9-11/h3-6,8-10H,7H2,1-2H3,(H2,17,21)(H,20,23). The van der Waals surface area contributed by atoms with Crippen molar-refractivity contribution >= 4 is 17.4 Å². The van der Waals surface area contributed by atoms with Crippen LogP contribution in [-0.2, 0) is 0 Å². The zero-order chi connectivity index (χ0) is 16.4. The van der Waals surface area contributed by atoms with Gasteiger partial charge in [0, 0.05) is 25.1 Å². The molecular weight excluding hydrogens is 292 g/mol. The van der Waals surface area contributed by atoms with Crippen LogP contribution in [0, 0.1) is 5.92 Å². The van der Waals surface area contributed by atoms with Gasteiger partial charge in [-0.1, -0.05) is 19.9 Å². The van der Waals surface area contributed by atoms with E-state index < -0.39 is 0 Å². The van der Waals surface area contributed by atoms with Gasteiger partial charge in [0.2, 0.25) is 0 Å². The fourth-order valence-electron chi connectivity index (χ4n) is 2.22. The number of rotatable bonds is 4. The highest BCUT2D eigenvalue weighted by molar-refractivity contribution is 5.94. The lowest BCUT2D eigenvalue weighted by atomic mass is 10.2. The van der Waals surface area contributed by atoms with Gasteiger partial charge in [0.05, 0.1) is 16.8 Å². The fraction of sp³-hybridized carbons (Fsp3) is 0.250. The van der Waals surface area contributed by atoms with Gasteiger partial charge in [-0.15, -0.1) is 5.10 Å². The number of anilines is 1. The van der Waals surface area contributed by atoms with E-state index in [-0.39, 0.29) is 5.91 Å². The number of pyridine rings is 1. The molecule has 0 fully saturated rings. The van der Waals surface area contributed by atoms with Crippen LogP contribution in [-0.4, -0.2) is 32.0 Å². The van der Waals surface area contributed by atoms with E-state index in [0.29, 0.717) is 40.7 Å². The third-order valence-corrected chi connectivity index (χ3v) is 3.35. The minimum atomic E-state index is -0.179. The van der Waals surface area contributed by atoms with Gasteiger partial charge in [0.25, 0.3) is 5.91 Å². The van der Waals surface area contributed by atoms with Crippen molar-refractivity contribution in [2.45, 2.75) is 13.8 Å². The van der Waals surface area contributed by atoms with Gasteiger partial charge < -0.3 is 11.1 Å². The normalized spacial score (nSPS) is 11.1. The first-order valence-corrected chi connectivity index (χ1v) is 7.39. The number of nitrogens with two attached hydrogens (primary N) is 1. The lowest BCUT2D eigenvalue weighted by molar-refractivity contribution is 0.0948. The summed E-state index contributed by atoms with van der Waals surface area (Å²) in [7, 11) is 0. The largest absolute Gasteiger partial charge is 0.382 e. The molecule has 0 aromatic carbocycles. The van der Waals surface area contributed by atoms with Crippen molar-refractivity contribution in [3.63, 3.8) is 0 Å². The summed E-state index contributed by atoms with van der Waals surface area (Å²) in [5.41, 5.74) is 8.37. The number of carbonyl (C=O) groups is 1. The van der Waals surface area contributed by atoms with Gasteiger partial charge in [-0.2, -0.15) is 0 Å². The van der Waals surface area contributed by atoms with Crippen LogP contribution in [0.1, 0.15) is 24.2 Å². The Morgan fingerprint density at radius 3 is 2.87 bits per heavy atom. The third-order valence-electron chi connectivity index (χ3n) is 3.35. The van der Waals surface area contributed by atoms with Crippen molar-refractivity contribution < 1.29 is 4.79 Å². The summed E-state index contributed by atoms with van der Waals surface area (Å²) in [4.78, 5) is 20.8. The molecule has 0 unspecified atom stereocenters. The summed E-state index contributed by atoms with van der Waals surface area (Å²) in [6.07, 6.45) is 4.84. The molecule has 0 aliphatic heterocycles. The minimum Gasteiger partial charge on any atom is -0.382 e. The number of nitrogens with one attached hydrogen (secondary N) is 1. The van der Waals surface area contributed by atoms with E-state index in [0.717, 1.165) is 0 Å². The van der Waals surface area contributed by atoms with E-state index >= 15 is 0 Å². The molecule has 7 heteroatoms. The maximum atomic E-state index is 12.1. The number of amides is 1. The van der Waals surface area contributed by atoms with E-state index in [1.165, 1.54) is 10.7 Å². The van der Waals surface area contributed by atoms with Gasteiger partial charge >= 0.3 is 0 Å². The molecule has 0 spiro atoms. The molecule has 1 amide bonds. The number of nitrogen functional groups attached to an aromatic ring is 1. The molecule has 3 heterocycles. The molecule has 0 saturated carbocycles. The maximum absolute atomic E-state index is 12.1. The Hall–Kier alpha value is -2.96. The molecule has 0 atom stereocenters. The van der Waals surface area contributed by atoms with Crippen LogP contribution in [0.25, 0.3) is 16.9 Å². The lowest BCUT2D eigenvalue weighted by Crippen LogP contribution is -2.27. The third kappa shape index (κ3) is 2.98. The molecule has 0 saturated heterocycles. The minimum absolute atomic E-state index is 0.179. The first kappa shape index (κ1) is 15.0. The van der Waals surface area contributed by atoms with Crippen molar-refractivity contribution in [1.82, 2.24) is 24.9 Å². The van der Waals surface area contributed by atoms with Crippen LogP contribution < -0.4 is 11.1 Å². The Labute approximate surface area is 133 Å². The summed E-state index contributed by atoms with van der Waals surface area (Å²) in [6, 6.07) is 5.55. The number of nitrogens with zero attached hydrogens (tertiary/aromatic N) is 4. The molecule has 118 valence electrons.